The van der Waals surface area contributed by atoms with Crippen LogP contribution >= 0.6 is 0 Å². The Morgan fingerprint density at radius 3 is 1.66 bits per heavy atom. The first-order valence-electron chi connectivity index (χ1n) is 21.3. The molecule has 2 aliphatic heterocycles. The molecule has 56 heavy (non-hydrogen) atoms. The largest absolute Gasteiger partial charge is 0.453 e. The summed E-state index contributed by atoms with van der Waals surface area (Å²) < 4.78 is 9.60. The molecule has 4 aliphatic carbocycles. The number of methoxy groups -OCH3 is 2. The van der Waals surface area contributed by atoms with Gasteiger partial charge in [0.1, 0.15) is 23.7 Å². The van der Waals surface area contributed by atoms with E-state index in [0.29, 0.717) is 24.4 Å². The molecule has 6 fully saturated rings. The summed E-state index contributed by atoms with van der Waals surface area (Å²) in [5, 5.41) is 5.49. The zero-order chi connectivity index (χ0) is 39.8. The molecule has 14 heteroatoms. The van der Waals surface area contributed by atoms with Gasteiger partial charge in [-0.15, -0.1) is 0 Å². The lowest BCUT2D eigenvalue weighted by Crippen LogP contribution is -2.51. The van der Waals surface area contributed by atoms with Gasteiger partial charge in [0.05, 0.1) is 26.3 Å². The number of aromatic nitrogens is 4. The van der Waals surface area contributed by atoms with Gasteiger partial charge < -0.3 is 39.9 Å². The lowest BCUT2D eigenvalue weighted by atomic mass is 9.48. The Balaban J connectivity index is 0.939. The molecule has 2 aromatic heterocycles. The van der Waals surface area contributed by atoms with E-state index in [4.69, 9.17) is 19.4 Å². The van der Waals surface area contributed by atoms with E-state index in [2.05, 4.69) is 20.6 Å². The molecule has 4 N–H and O–H groups in total. The Morgan fingerprint density at radius 2 is 1.18 bits per heavy atom. The number of nitrogens with zero attached hydrogens (tertiary/aromatic N) is 4. The number of ether oxygens (including phenoxy) is 2. The number of carbonyl (C=O) groups is 4. The number of likely N-dealkylation sites (tertiary alicyclic amines) is 2. The molecule has 14 nitrogen and oxygen atoms in total. The minimum atomic E-state index is -0.644. The summed E-state index contributed by atoms with van der Waals surface area (Å²) >= 11 is 0. The van der Waals surface area contributed by atoms with Crippen molar-refractivity contribution in [2.24, 2.45) is 23.2 Å². The first-order chi connectivity index (χ1) is 26.9. The van der Waals surface area contributed by atoms with Crippen LogP contribution in [0.1, 0.15) is 159 Å². The van der Waals surface area contributed by atoms with E-state index < -0.39 is 24.3 Å². The second kappa shape index (κ2) is 16.4. The molecule has 0 spiro atoms. The molecular weight excluding hydrogens is 713 g/mol. The molecule has 6 aliphatic rings. The Kier molecular flexibility index (Phi) is 11.7. The molecule has 0 aromatic carbocycles. The highest BCUT2D eigenvalue weighted by Crippen LogP contribution is 2.63. The zero-order valence-corrected chi connectivity index (χ0v) is 34.3. The van der Waals surface area contributed by atoms with Gasteiger partial charge in [-0.1, -0.05) is 27.7 Å². The van der Waals surface area contributed by atoms with Crippen molar-refractivity contribution in [2.45, 2.75) is 153 Å². The van der Waals surface area contributed by atoms with Gasteiger partial charge in [-0.3, -0.25) is 9.59 Å². The number of hydrogen-bond donors (Lipinski definition) is 4. The molecule has 4 amide bonds. The van der Waals surface area contributed by atoms with Crippen LogP contribution < -0.4 is 10.6 Å². The molecule has 2 bridgehead atoms. The van der Waals surface area contributed by atoms with Crippen LogP contribution in [0.2, 0.25) is 0 Å². The fourth-order valence-electron chi connectivity index (χ4n) is 11.1. The lowest BCUT2D eigenvalue weighted by molar-refractivity contribution is -0.136. The summed E-state index contributed by atoms with van der Waals surface area (Å²) in [4.78, 5) is 72.2. The summed E-state index contributed by atoms with van der Waals surface area (Å²) in [6.07, 6.45) is 18.4. The van der Waals surface area contributed by atoms with E-state index in [9.17, 15) is 19.2 Å². The van der Waals surface area contributed by atoms with E-state index in [1.54, 1.807) is 0 Å². The highest BCUT2D eigenvalue weighted by molar-refractivity contribution is 5.87. The second-order valence-electron chi connectivity index (χ2n) is 18.2. The van der Waals surface area contributed by atoms with Crippen molar-refractivity contribution >= 4 is 24.0 Å². The van der Waals surface area contributed by atoms with Crippen LogP contribution in [0.3, 0.4) is 0 Å². The molecule has 4 atom stereocenters. The van der Waals surface area contributed by atoms with Gasteiger partial charge >= 0.3 is 12.2 Å². The van der Waals surface area contributed by atoms with E-state index in [-0.39, 0.29) is 41.1 Å². The third-order valence-corrected chi connectivity index (χ3v) is 14.6. The smallest absolute Gasteiger partial charge is 0.407 e. The van der Waals surface area contributed by atoms with Crippen molar-refractivity contribution < 1.29 is 28.7 Å². The Labute approximate surface area is 331 Å². The number of aromatic amines is 2. The van der Waals surface area contributed by atoms with Gasteiger partial charge in [-0.25, -0.2) is 19.6 Å². The standard InChI is InChI=1S/C42H64N8O6/c1-25(2)33(47-39(53)55-5)37(51)49-21-7-9-30(49)35-43-23-29(45-35)27-11-13-28(14-12-27)41-15-18-42(19-16-41,20-17-41)32-24-44-36(46-32)31-10-8-22-50(31)38(52)34(26(3)4)48-40(54)56-6/h23-28,30-31,33-34H,7-22H2,1-6H3,(H,43,45)(H,44,46)(H,47,53)(H,48,54)/t27-,28-,30-,31-,33-,34-,41?,42?/m0/s1. The monoisotopic (exact) mass is 776 g/mol. The number of alkyl carbamates (subject to hydrolysis) is 2. The maximum absolute atomic E-state index is 13.7. The Bertz CT molecular complexity index is 1700. The van der Waals surface area contributed by atoms with Gasteiger partial charge in [0.15, 0.2) is 0 Å². The molecule has 0 radical (unpaired) electrons. The van der Waals surface area contributed by atoms with Crippen LogP contribution in [-0.4, -0.2) is 93.1 Å². The van der Waals surface area contributed by atoms with Crippen LogP contribution in [0.15, 0.2) is 12.4 Å². The van der Waals surface area contributed by atoms with Crippen LogP contribution in [0.4, 0.5) is 9.59 Å². The number of nitrogens with one attached hydrogen (secondary N) is 4. The average molecular weight is 777 g/mol. The summed E-state index contributed by atoms with van der Waals surface area (Å²) in [5.41, 5.74) is 2.95. The maximum atomic E-state index is 13.7. The van der Waals surface area contributed by atoms with Gasteiger partial charge in [0.2, 0.25) is 11.8 Å². The Hall–Kier alpha value is -4.10. The molecule has 2 saturated heterocycles. The second-order valence-corrected chi connectivity index (χ2v) is 18.2. The minimum absolute atomic E-state index is 0.0674. The predicted octanol–water partition coefficient (Wildman–Crippen LogP) is 6.79. The average Bonchev–Trinajstić information content (AvgIpc) is 4.06. The minimum Gasteiger partial charge on any atom is -0.453 e. The molecular formula is C42H64N8O6. The van der Waals surface area contributed by atoms with Crippen LogP contribution in [0.5, 0.6) is 0 Å². The fraction of sp³-hybridized carbons (Fsp3) is 0.762. The number of imidazole rings is 2. The number of amides is 4. The number of fused-ring (bicyclic) bond motifs is 3. The number of rotatable bonds is 11. The molecule has 4 heterocycles. The van der Waals surface area contributed by atoms with Crippen molar-refractivity contribution in [1.29, 1.82) is 0 Å². The van der Waals surface area contributed by atoms with Crippen molar-refractivity contribution in [3.05, 3.63) is 35.4 Å². The third kappa shape index (κ3) is 7.65. The predicted molar refractivity (Wildman–Crippen MR) is 209 cm³/mol. The zero-order valence-electron chi connectivity index (χ0n) is 34.3. The number of H-pyrrole nitrogens is 2. The fourth-order valence-corrected chi connectivity index (χ4v) is 11.1. The van der Waals surface area contributed by atoms with Crippen molar-refractivity contribution in [3.8, 4) is 0 Å². The van der Waals surface area contributed by atoms with E-state index >= 15 is 0 Å². The first kappa shape index (κ1) is 40.1. The van der Waals surface area contributed by atoms with Gasteiger partial charge in [-0.2, -0.15) is 0 Å². The molecule has 308 valence electrons. The summed E-state index contributed by atoms with van der Waals surface area (Å²) in [7, 11) is 2.63. The van der Waals surface area contributed by atoms with E-state index in [1.807, 2.05) is 49.9 Å². The topological polar surface area (TPSA) is 175 Å². The summed E-state index contributed by atoms with van der Waals surface area (Å²) in [6.45, 7) is 9.05. The van der Waals surface area contributed by atoms with E-state index in [1.165, 1.54) is 77.0 Å². The van der Waals surface area contributed by atoms with Crippen LogP contribution in [-0.2, 0) is 24.5 Å². The van der Waals surface area contributed by atoms with Crippen LogP contribution in [0, 0.1) is 23.2 Å². The lowest BCUT2D eigenvalue weighted by Gasteiger charge is -2.57. The third-order valence-electron chi connectivity index (χ3n) is 14.6. The van der Waals surface area contributed by atoms with Crippen molar-refractivity contribution in [1.82, 2.24) is 40.4 Å². The molecule has 8 rings (SSSR count). The Morgan fingerprint density at radius 1 is 0.696 bits per heavy atom. The van der Waals surface area contributed by atoms with Crippen molar-refractivity contribution in [2.75, 3.05) is 27.3 Å². The van der Waals surface area contributed by atoms with Crippen molar-refractivity contribution in [3.63, 3.8) is 0 Å². The number of hydrogen-bond acceptors (Lipinski definition) is 8. The van der Waals surface area contributed by atoms with Gasteiger partial charge in [-0.05, 0) is 113 Å². The molecule has 4 saturated carbocycles. The quantitative estimate of drug-likeness (QED) is 0.193. The van der Waals surface area contributed by atoms with Gasteiger partial charge in [0.25, 0.3) is 0 Å². The normalized spacial score (nSPS) is 30.1. The number of carbonyl (C=O) groups excluding carboxylic acids is 4. The summed E-state index contributed by atoms with van der Waals surface area (Å²) in [6, 6.07) is -1.52. The SMILES string of the molecule is COC(=O)N[C@H](C(=O)N1CCC[C@H]1c1ncc(C23CCC([C@H]4CC[C@H](c5cnc([C@@H]6CCCN6C(=O)[C@@H](NC(=O)OC)C(C)C)[nH]5)CC4)(CC2)CC3)[nH]1)C(C)C. The highest BCUT2D eigenvalue weighted by atomic mass is 16.5. The molecule has 0 unspecified atom stereocenters. The van der Waals surface area contributed by atoms with Gasteiger partial charge in [0, 0.05) is 48.2 Å². The van der Waals surface area contributed by atoms with E-state index in [0.717, 1.165) is 56.1 Å². The maximum Gasteiger partial charge on any atom is 0.407 e. The summed E-state index contributed by atoms with van der Waals surface area (Å²) in [5.74, 6) is 2.61. The molecule has 2 aromatic rings. The highest BCUT2D eigenvalue weighted by Gasteiger charge is 2.53. The van der Waals surface area contributed by atoms with Crippen LogP contribution in [0.25, 0.3) is 0 Å². The first-order valence-corrected chi connectivity index (χ1v) is 21.3.